The second-order valence-corrected chi connectivity index (χ2v) is 3.58. The van der Waals surface area contributed by atoms with Crippen molar-refractivity contribution in [1.82, 2.24) is 0 Å². The number of hydrogen-bond acceptors (Lipinski definition) is 3. The molecule has 0 bridgehead atoms. The number of rotatable bonds is 8. The minimum Gasteiger partial charge on any atom is -0.469 e. The molecule has 0 amide bonds. The van der Waals surface area contributed by atoms with Crippen molar-refractivity contribution >= 4 is 5.97 Å². The number of carbonyl (C=O) groups excluding carboxylic acids is 1. The Bertz CT molecular complexity index is 139. The molecule has 0 aromatic heterocycles. The number of ether oxygens (including phenoxy) is 2. The Labute approximate surface area is 86.8 Å². The molecule has 0 N–H and O–H groups in total. The van der Waals surface area contributed by atoms with E-state index in [2.05, 4.69) is 11.7 Å². The van der Waals surface area contributed by atoms with Crippen LogP contribution in [-0.2, 0) is 14.3 Å². The smallest absolute Gasteiger partial charge is 0.305 e. The molecule has 1 atom stereocenters. The van der Waals surface area contributed by atoms with Gasteiger partial charge in [0.05, 0.1) is 7.11 Å². The van der Waals surface area contributed by atoms with Crippen molar-refractivity contribution in [1.29, 1.82) is 0 Å². The van der Waals surface area contributed by atoms with Gasteiger partial charge in [-0.05, 0) is 25.2 Å². The minimum absolute atomic E-state index is 0.113. The van der Waals surface area contributed by atoms with Crippen molar-refractivity contribution < 1.29 is 14.3 Å². The van der Waals surface area contributed by atoms with Gasteiger partial charge in [0.1, 0.15) is 0 Å². The summed E-state index contributed by atoms with van der Waals surface area (Å²) in [5, 5.41) is 0. The molecular formula is C11H22O3. The predicted octanol–water partition coefficient (Wildman–Crippen LogP) is 2.39. The number of methoxy groups -OCH3 is 2. The van der Waals surface area contributed by atoms with E-state index in [1.54, 1.807) is 7.11 Å². The summed E-state index contributed by atoms with van der Waals surface area (Å²) in [7, 11) is 3.16. The van der Waals surface area contributed by atoms with Crippen molar-refractivity contribution in [2.75, 3.05) is 20.8 Å². The average molecular weight is 202 g/mol. The number of carbonyl (C=O) groups is 1. The van der Waals surface area contributed by atoms with Gasteiger partial charge in [0.25, 0.3) is 0 Å². The number of esters is 1. The maximum absolute atomic E-state index is 10.9. The maximum Gasteiger partial charge on any atom is 0.305 e. The molecule has 0 rings (SSSR count). The lowest BCUT2D eigenvalue weighted by atomic mass is 9.98. The standard InChI is InChI=1S/C11H22O3/c1-4-6-10(9-13-2)7-5-8-11(12)14-3/h10H,4-9H2,1-3H3/t10-/m1/s1. The van der Waals surface area contributed by atoms with Gasteiger partial charge in [0.15, 0.2) is 0 Å². The summed E-state index contributed by atoms with van der Waals surface area (Å²) in [6, 6.07) is 0. The summed E-state index contributed by atoms with van der Waals surface area (Å²) in [6.07, 6.45) is 4.83. The summed E-state index contributed by atoms with van der Waals surface area (Å²) in [5.74, 6) is 0.479. The molecule has 0 aliphatic rings. The third-order valence-electron chi connectivity index (χ3n) is 2.32. The Morgan fingerprint density at radius 2 is 2.00 bits per heavy atom. The van der Waals surface area contributed by atoms with Crippen LogP contribution in [0.1, 0.15) is 39.0 Å². The Balaban J connectivity index is 3.54. The summed E-state index contributed by atoms with van der Waals surface area (Å²) in [6.45, 7) is 2.97. The van der Waals surface area contributed by atoms with Crippen molar-refractivity contribution in [2.24, 2.45) is 5.92 Å². The quantitative estimate of drug-likeness (QED) is 0.567. The fraction of sp³-hybridized carbons (Fsp3) is 0.909. The molecule has 0 aromatic rings. The van der Waals surface area contributed by atoms with Crippen LogP contribution in [0.4, 0.5) is 0 Å². The predicted molar refractivity (Wildman–Crippen MR) is 56.1 cm³/mol. The second kappa shape index (κ2) is 9.00. The van der Waals surface area contributed by atoms with Crippen molar-refractivity contribution in [3.63, 3.8) is 0 Å². The lowest BCUT2D eigenvalue weighted by molar-refractivity contribution is -0.140. The van der Waals surface area contributed by atoms with Gasteiger partial charge in [-0.25, -0.2) is 0 Å². The monoisotopic (exact) mass is 202 g/mol. The lowest BCUT2D eigenvalue weighted by Gasteiger charge is -2.14. The van der Waals surface area contributed by atoms with Crippen LogP contribution < -0.4 is 0 Å². The van der Waals surface area contributed by atoms with E-state index in [-0.39, 0.29) is 5.97 Å². The fourth-order valence-electron chi connectivity index (χ4n) is 1.59. The van der Waals surface area contributed by atoms with E-state index >= 15 is 0 Å². The van der Waals surface area contributed by atoms with Crippen molar-refractivity contribution in [3.8, 4) is 0 Å². The average Bonchev–Trinajstić information content (AvgIpc) is 2.18. The van der Waals surface area contributed by atoms with Crippen LogP contribution in [0, 0.1) is 5.92 Å². The zero-order chi connectivity index (χ0) is 10.8. The van der Waals surface area contributed by atoms with E-state index in [1.165, 1.54) is 20.0 Å². The van der Waals surface area contributed by atoms with Gasteiger partial charge in [-0.1, -0.05) is 13.3 Å². The highest BCUT2D eigenvalue weighted by Gasteiger charge is 2.08. The molecule has 3 nitrogen and oxygen atoms in total. The van der Waals surface area contributed by atoms with E-state index in [1.807, 2.05) is 0 Å². The van der Waals surface area contributed by atoms with E-state index < -0.39 is 0 Å². The van der Waals surface area contributed by atoms with Crippen LogP contribution >= 0.6 is 0 Å². The molecule has 0 aliphatic carbocycles. The van der Waals surface area contributed by atoms with Gasteiger partial charge in [-0.15, -0.1) is 0 Å². The molecule has 14 heavy (non-hydrogen) atoms. The van der Waals surface area contributed by atoms with Crippen LogP contribution in [0.2, 0.25) is 0 Å². The molecule has 0 radical (unpaired) electrons. The fourth-order valence-corrected chi connectivity index (χ4v) is 1.59. The van der Waals surface area contributed by atoms with Gasteiger partial charge in [0.2, 0.25) is 0 Å². The normalized spacial score (nSPS) is 12.5. The van der Waals surface area contributed by atoms with E-state index in [0.29, 0.717) is 12.3 Å². The summed E-state index contributed by atoms with van der Waals surface area (Å²) in [4.78, 5) is 10.9. The molecule has 0 aromatic carbocycles. The minimum atomic E-state index is -0.113. The van der Waals surface area contributed by atoms with E-state index in [9.17, 15) is 4.79 Å². The maximum atomic E-state index is 10.9. The molecule has 0 fully saturated rings. The van der Waals surface area contributed by atoms with Crippen LogP contribution in [-0.4, -0.2) is 26.8 Å². The molecule has 84 valence electrons. The zero-order valence-corrected chi connectivity index (χ0v) is 9.54. The van der Waals surface area contributed by atoms with Gasteiger partial charge in [-0.2, -0.15) is 0 Å². The van der Waals surface area contributed by atoms with Crippen LogP contribution in [0.25, 0.3) is 0 Å². The Hall–Kier alpha value is -0.570. The highest BCUT2D eigenvalue weighted by Crippen LogP contribution is 2.15. The van der Waals surface area contributed by atoms with Crippen LogP contribution in [0.15, 0.2) is 0 Å². The highest BCUT2D eigenvalue weighted by atomic mass is 16.5. The summed E-state index contributed by atoms with van der Waals surface area (Å²) < 4.78 is 9.71. The Morgan fingerprint density at radius 3 is 2.50 bits per heavy atom. The zero-order valence-electron chi connectivity index (χ0n) is 9.54. The lowest BCUT2D eigenvalue weighted by Crippen LogP contribution is -2.09. The number of hydrogen-bond donors (Lipinski definition) is 0. The first-order chi connectivity index (χ1) is 6.74. The summed E-state index contributed by atoms with van der Waals surface area (Å²) in [5.41, 5.74) is 0. The van der Waals surface area contributed by atoms with Gasteiger partial charge < -0.3 is 9.47 Å². The molecule has 0 heterocycles. The van der Waals surface area contributed by atoms with E-state index in [4.69, 9.17) is 4.74 Å². The largest absolute Gasteiger partial charge is 0.469 e. The van der Waals surface area contributed by atoms with Gasteiger partial charge in [0, 0.05) is 20.1 Å². The molecule has 0 unspecified atom stereocenters. The van der Waals surface area contributed by atoms with Gasteiger partial charge >= 0.3 is 5.97 Å². The molecule has 0 aliphatic heterocycles. The third kappa shape index (κ3) is 6.89. The first kappa shape index (κ1) is 13.4. The Morgan fingerprint density at radius 1 is 1.29 bits per heavy atom. The molecule has 3 heteroatoms. The first-order valence-corrected chi connectivity index (χ1v) is 5.30. The van der Waals surface area contributed by atoms with Crippen LogP contribution in [0.5, 0.6) is 0 Å². The molecule has 0 spiro atoms. The van der Waals surface area contributed by atoms with E-state index in [0.717, 1.165) is 19.4 Å². The third-order valence-corrected chi connectivity index (χ3v) is 2.32. The SMILES string of the molecule is CCC[C@H](CCCC(=O)OC)COC. The second-order valence-electron chi connectivity index (χ2n) is 3.58. The Kier molecular flexibility index (Phi) is 8.64. The van der Waals surface area contributed by atoms with Crippen molar-refractivity contribution in [3.05, 3.63) is 0 Å². The molecular weight excluding hydrogens is 180 g/mol. The first-order valence-electron chi connectivity index (χ1n) is 5.30. The highest BCUT2D eigenvalue weighted by molar-refractivity contribution is 5.68. The topological polar surface area (TPSA) is 35.5 Å². The van der Waals surface area contributed by atoms with Crippen LogP contribution in [0.3, 0.4) is 0 Å². The van der Waals surface area contributed by atoms with Crippen molar-refractivity contribution in [2.45, 2.75) is 39.0 Å². The summed E-state index contributed by atoms with van der Waals surface area (Å²) >= 11 is 0. The van der Waals surface area contributed by atoms with Gasteiger partial charge in [-0.3, -0.25) is 4.79 Å². The molecule has 0 saturated heterocycles. The molecule has 0 saturated carbocycles.